The zero-order chi connectivity index (χ0) is 15.0. The van der Waals surface area contributed by atoms with E-state index in [0.29, 0.717) is 5.75 Å². The number of rotatable bonds is 2. The van der Waals surface area contributed by atoms with Gasteiger partial charge in [0.15, 0.2) is 0 Å². The molecule has 2 heteroatoms. The fourth-order valence-electron chi connectivity index (χ4n) is 2.52. The van der Waals surface area contributed by atoms with Crippen molar-refractivity contribution in [1.29, 1.82) is 0 Å². The standard InChI is InChI=1S/C17H29NO/c1-16(2,3)13-9-12(11-18(7)8)10-14(19)15(13)17(4,5)6/h9-10,19H,11H2,1-8H3. The highest BCUT2D eigenvalue weighted by Gasteiger charge is 2.28. The SMILES string of the molecule is CN(C)Cc1cc(O)c(C(C)(C)C)c(C(C)(C)C)c1. The zero-order valence-electron chi connectivity index (χ0n) is 13.8. The van der Waals surface area contributed by atoms with Gasteiger partial charge in [-0.2, -0.15) is 0 Å². The van der Waals surface area contributed by atoms with Crippen molar-refractivity contribution >= 4 is 0 Å². The first-order valence-electron chi connectivity index (χ1n) is 6.94. The predicted molar refractivity (Wildman–Crippen MR) is 82.9 cm³/mol. The Morgan fingerprint density at radius 3 is 1.84 bits per heavy atom. The van der Waals surface area contributed by atoms with E-state index in [0.717, 1.165) is 12.1 Å². The van der Waals surface area contributed by atoms with Gasteiger partial charge in [0.2, 0.25) is 0 Å². The van der Waals surface area contributed by atoms with Gasteiger partial charge in [-0.05, 0) is 42.1 Å². The Labute approximate surface area is 118 Å². The Bertz CT molecular complexity index is 448. The second kappa shape index (κ2) is 5.16. The molecule has 2 nitrogen and oxygen atoms in total. The van der Waals surface area contributed by atoms with Crippen LogP contribution in [0.3, 0.4) is 0 Å². The van der Waals surface area contributed by atoms with Crippen LogP contribution < -0.4 is 0 Å². The van der Waals surface area contributed by atoms with Gasteiger partial charge in [0.25, 0.3) is 0 Å². The highest BCUT2D eigenvalue weighted by atomic mass is 16.3. The van der Waals surface area contributed by atoms with Crippen LogP contribution in [0.15, 0.2) is 12.1 Å². The molecular weight excluding hydrogens is 234 g/mol. The van der Waals surface area contributed by atoms with E-state index in [-0.39, 0.29) is 10.8 Å². The van der Waals surface area contributed by atoms with E-state index in [9.17, 15) is 5.11 Å². The lowest BCUT2D eigenvalue weighted by atomic mass is 9.74. The molecule has 0 spiro atoms. The van der Waals surface area contributed by atoms with Crippen LogP contribution in [0.1, 0.15) is 58.2 Å². The van der Waals surface area contributed by atoms with Crippen molar-refractivity contribution in [2.75, 3.05) is 14.1 Å². The van der Waals surface area contributed by atoms with Crippen molar-refractivity contribution in [3.63, 3.8) is 0 Å². The van der Waals surface area contributed by atoms with Crippen molar-refractivity contribution in [1.82, 2.24) is 4.90 Å². The molecule has 0 radical (unpaired) electrons. The number of hydrogen-bond donors (Lipinski definition) is 1. The van der Waals surface area contributed by atoms with Crippen molar-refractivity contribution in [3.05, 3.63) is 28.8 Å². The average molecular weight is 263 g/mol. The van der Waals surface area contributed by atoms with Crippen LogP contribution in [-0.4, -0.2) is 24.1 Å². The number of phenols is 1. The Balaban J connectivity index is 3.49. The molecule has 0 amide bonds. The molecule has 1 aromatic carbocycles. The minimum absolute atomic E-state index is 0.0302. The van der Waals surface area contributed by atoms with Crippen LogP contribution in [-0.2, 0) is 17.4 Å². The first-order valence-corrected chi connectivity index (χ1v) is 6.94. The summed E-state index contributed by atoms with van der Waals surface area (Å²) in [5.41, 5.74) is 3.46. The van der Waals surface area contributed by atoms with E-state index in [1.54, 1.807) is 0 Å². The minimum Gasteiger partial charge on any atom is -0.508 e. The molecule has 0 heterocycles. The van der Waals surface area contributed by atoms with E-state index in [2.05, 4.69) is 52.5 Å². The van der Waals surface area contributed by atoms with E-state index >= 15 is 0 Å². The molecule has 19 heavy (non-hydrogen) atoms. The van der Waals surface area contributed by atoms with Crippen LogP contribution in [0.4, 0.5) is 0 Å². The number of nitrogens with zero attached hydrogens (tertiary/aromatic N) is 1. The molecule has 0 unspecified atom stereocenters. The maximum absolute atomic E-state index is 10.5. The number of benzene rings is 1. The van der Waals surface area contributed by atoms with E-state index in [1.165, 1.54) is 11.1 Å². The lowest BCUT2D eigenvalue weighted by Gasteiger charge is -2.31. The van der Waals surface area contributed by atoms with Gasteiger partial charge in [-0.1, -0.05) is 47.6 Å². The van der Waals surface area contributed by atoms with Gasteiger partial charge in [0.1, 0.15) is 5.75 Å². The monoisotopic (exact) mass is 263 g/mol. The second-order valence-electron chi connectivity index (χ2n) is 7.78. The van der Waals surface area contributed by atoms with Gasteiger partial charge in [0, 0.05) is 12.1 Å². The summed E-state index contributed by atoms with van der Waals surface area (Å²) in [6.45, 7) is 13.9. The minimum atomic E-state index is -0.0522. The van der Waals surface area contributed by atoms with Crippen molar-refractivity contribution in [2.24, 2.45) is 0 Å². The van der Waals surface area contributed by atoms with Gasteiger partial charge >= 0.3 is 0 Å². The van der Waals surface area contributed by atoms with Crippen molar-refractivity contribution in [2.45, 2.75) is 58.9 Å². The molecule has 0 saturated heterocycles. The topological polar surface area (TPSA) is 23.5 Å². The summed E-state index contributed by atoms with van der Waals surface area (Å²) >= 11 is 0. The summed E-state index contributed by atoms with van der Waals surface area (Å²) < 4.78 is 0. The molecule has 0 aliphatic heterocycles. The summed E-state index contributed by atoms with van der Waals surface area (Å²) in [5.74, 6) is 0.428. The molecule has 0 atom stereocenters. The highest BCUT2D eigenvalue weighted by Crippen LogP contribution is 2.40. The molecule has 1 N–H and O–H groups in total. The van der Waals surface area contributed by atoms with Gasteiger partial charge in [0.05, 0.1) is 0 Å². The van der Waals surface area contributed by atoms with Crippen LogP contribution in [0.5, 0.6) is 5.75 Å². The molecule has 108 valence electrons. The predicted octanol–water partition coefficient (Wildman–Crippen LogP) is 4.05. The van der Waals surface area contributed by atoms with Gasteiger partial charge in [-0.15, -0.1) is 0 Å². The van der Waals surface area contributed by atoms with Crippen LogP contribution in [0.25, 0.3) is 0 Å². The van der Waals surface area contributed by atoms with Gasteiger partial charge in [-0.25, -0.2) is 0 Å². The first-order chi connectivity index (χ1) is 8.43. The summed E-state index contributed by atoms with van der Waals surface area (Å²) in [7, 11) is 4.09. The molecule has 0 aromatic heterocycles. The normalized spacial score (nSPS) is 13.1. The smallest absolute Gasteiger partial charge is 0.119 e. The average Bonchev–Trinajstić information content (AvgIpc) is 2.11. The zero-order valence-corrected chi connectivity index (χ0v) is 13.8. The maximum atomic E-state index is 10.5. The fraction of sp³-hybridized carbons (Fsp3) is 0.647. The fourth-order valence-corrected chi connectivity index (χ4v) is 2.52. The number of hydrogen-bond acceptors (Lipinski definition) is 2. The Hall–Kier alpha value is -1.02. The maximum Gasteiger partial charge on any atom is 0.119 e. The van der Waals surface area contributed by atoms with E-state index in [4.69, 9.17) is 0 Å². The summed E-state index contributed by atoms with van der Waals surface area (Å²) in [5, 5.41) is 10.5. The largest absolute Gasteiger partial charge is 0.508 e. The van der Waals surface area contributed by atoms with E-state index < -0.39 is 0 Å². The number of aromatic hydroxyl groups is 1. The molecule has 0 fully saturated rings. The van der Waals surface area contributed by atoms with Crippen molar-refractivity contribution in [3.8, 4) is 5.75 Å². The Kier molecular flexibility index (Phi) is 4.36. The van der Waals surface area contributed by atoms with E-state index in [1.807, 2.05) is 20.2 Å². The molecular formula is C17H29NO. The molecule has 0 aliphatic carbocycles. The lowest BCUT2D eigenvalue weighted by molar-refractivity contribution is 0.396. The number of phenolic OH excluding ortho intramolecular Hbond substituents is 1. The quantitative estimate of drug-likeness (QED) is 0.870. The van der Waals surface area contributed by atoms with Crippen LogP contribution in [0, 0.1) is 0 Å². The first kappa shape index (κ1) is 16.0. The third-order valence-electron chi connectivity index (χ3n) is 3.23. The van der Waals surface area contributed by atoms with Crippen LogP contribution in [0.2, 0.25) is 0 Å². The Morgan fingerprint density at radius 1 is 0.947 bits per heavy atom. The van der Waals surface area contributed by atoms with Gasteiger partial charge < -0.3 is 10.0 Å². The van der Waals surface area contributed by atoms with Gasteiger partial charge in [-0.3, -0.25) is 0 Å². The molecule has 0 bridgehead atoms. The molecule has 0 aliphatic rings. The second-order valence-corrected chi connectivity index (χ2v) is 7.78. The third-order valence-corrected chi connectivity index (χ3v) is 3.23. The summed E-state index contributed by atoms with van der Waals surface area (Å²) in [6.07, 6.45) is 0. The third kappa shape index (κ3) is 3.97. The van der Waals surface area contributed by atoms with Crippen molar-refractivity contribution < 1.29 is 5.11 Å². The molecule has 1 aromatic rings. The van der Waals surface area contributed by atoms with Crippen LogP contribution >= 0.6 is 0 Å². The Morgan fingerprint density at radius 2 is 1.47 bits per heavy atom. The highest BCUT2D eigenvalue weighted by molar-refractivity contribution is 5.49. The summed E-state index contributed by atoms with van der Waals surface area (Å²) in [6, 6.07) is 4.16. The molecule has 1 rings (SSSR count). The summed E-state index contributed by atoms with van der Waals surface area (Å²) in [4.78, 5) is 2.12. The molecule has 0 saturated carbocycles. The lowest BCUT2D eigenvalue weighted by Crippen LogP contribution is -2.23.